The Kier molecular flexibility index (Phi) is 6.69. The molecule has 1 amide bonds. The van der Waals surface area contributed by atoms with E-state index in [1.165, 1.54) is 12.1 Å². The van der Waals surface area contributed by atoms with E-state index in [1.54, 1.807) is 0 Å². The van der Waals surface area contributed by atoms with Crippen LogP contribution in [0, 0.1) is 0 Å². The zero-order valence-electron chi connectivity index (χ0n) is 13.0. The maximum Gasteiger partial charge on any atom is 0.420 e. The van der Waals surface area contributed by atoms with Gasteiger partial charge in [0.1, 0.15) is 19.0 Å². The molecule has 2 rings (SSSR count). The molecule has 0 heterocycles. The summed E-state index contributed by atoms with van der Waals surface area (Å²) in [6.45, 7) is 0.00456. The van der Waals surface area contributed by atoms with Crippen molar-refractivity contribution in [2.45, 2.75) is 12.8 Å². The molecular weight excluding hydrogens is 403 g/mol. The molecule has 0 saturated heterocycles. The number of hydrogen-bond acceptors (Lipinski definition) is 3. The number of amides is 1. The first-order chi connectivity index (χ1) is 11.9. The van der Waals surface area contributed by atoms with E-state index in [9.17, 15) is 18.0 Å². The van der Waals surface area contributed by atoms with Crippen LogP contribution in [0.1, 0.15) is 11.1 Å². The molecule has 0 saturated carbocycles. The maximum atomic E-state index is 12.9. The molecular formula is C17H15BrF3NO3. The predicted molar refractivity (Wildman–Crippen MR) is 89.3 cm³/mol. The van der Waals surface area contributed by atoms with Gasteiger partial charge in [-0.1, -0.05) is 46.3 Å². The maximum absolute atomic E-state index is 12.9. The van der Waals surface area contributed by atoms with E-state index < -0.39 is 17.8 Å². The van der Waals surface area contributed by atoms with Gasteiger partial charge in [0.05, 0.1) is 12.1 Å². The number of hydrogen-bond donors (Lipinski definition) is 1. The Morgan fingerprint density at radius 2 is 1.84 bits per heavy atom. The van der Waals surface area contributed by atoms with Gasteiger partial charge in [0, 0.05) is 4.47 Å². The second-order valence-electron chi connectivity index (χ2n) is 4.98. The number of halogens is 4. The van der Waals surface area contributed by atoms with Crippen LogP contribution in [0.4, 0.5) is 18.0 Å². The Morgan fingerprint density at radius 1 is 1.12 bits per heavy atom. The third kappa shape index (κ3) is 6.30. The second kappa shape index (κ2) is 8.75. The molecule has 25 heavy (non-hydrogen) atoms. The molecule has 0 aliphatic carbocycles. The quantitative estimate of drug-likeness (QED) is 0.688. The molecule has 4 nitrogen and oxygen atoms in total. The molecule has 1 N–H and O–H groups in total. The van der Waals surface area contributed by atoms with Crippen molar-refractivity contribution >= 4 is 22.0 Å². The average molecular weight is 418 g/mol. The SMILES string of the molecule is O=C(NCCOc1ccc(Br)cc1C(F)(F)F)OCc1ccccc1. The Morgan fingerprint density at radius 3 is 2.52 bits per heavy atom. The van der Waals surface area contributed by atoms with Crippen LogP contribution in [-0.4, -0.2) is 19.2 Å². The Hall–Kier alpha value is -2.22. The van der Waals surface area contributed by atoms with Crippen LogP contribution in [0.3, 0.4) is 0 Å². The number of rotatable bonds is 6. The van der Waals surface area contributed by atoms with Gasteiger partial charge in [0.2, 0.25) is 0 Å². The fourth-order valence-electron chi connectivity index (χ4n) is 1.94. The van der Waals surface area contributed by atoms with Crippen LogP contribution in [0.15, 0.2) is 53.0 Å². The molecule has 8 heteroatoms. The van der Waals surface area contributed by atoms with Crippen LogP contribution in [0.2, 0.25) is 0 Å². The normalized spacial score (nSPS) is 11.0. The summed E-state index contributed by atoms with van der Waals surface area (Å²) < 4.78 is 49.2. The molecule has 0 spiro atoms. The van der Waals surface area contributed by atoms with Crippen LogP contribution < -0.4 is 10.1 Å². The van der Waals surface area contributed by atoms with E-state index >= 15 is 0 Å². The lowest BCUT2D eigenvalue weighted by atomic mass is 10.2. The van der Waals surface area contributed by atoms with Gasteiger partial charge in [-0.2, -0.15) is 13.2 Å². The van der Waals surface area contributed by atoms with E-state index in [0.717, 1.165) is 11.6 Å². The highest BCUT2D eigenvalue weighted by molar-refractivity contribution is 9.10. The molecule has 0 aliphatic heterocycles. The average Bonchev–Trinajstić information content (AvgIpc) is 2.58. The number of alkyl carbamates (subject to hydrolysis) is 1. The number of ether oxygens (including phenoxy) is 2. The molecule has 0 atom stereocenters. The summed E-state index contributed by atoms with van der Waals surface area (Å²) in [5, 5.41) is 2.42. The summed E-state index contributed by atoms with van der Waals surface area (Å²) in [6, 6.07) is 12.7. The molecule has 0 aliphatic rings. The minimum atomic E-state index is -4.53. The standard InChI is InChI=1S/C17H15BrF3NO3/c18-13-6-7-15(14(10-13)17(19,20)21)24-9-8-22-16(23)25-11-12-4-2-1-3-5-12/h1-7,10H,8-9,11H2,(H,22,23). The first-order valence-electron chi connectivity index (χ1n) is 7.30. The highest BCUT2D eigenvalue weighted by atomic mass is 79.9. The minimum Gasteiger partial charge on any atom is -0.491 e. The van der Waals surface area contributed by atoms with E-state index in [2.05, 4.69) is 21.2 Å². The second-order valence-corrected chi connectivity index (χ2v) is 5.89. The molecule has 2 aromatic carbocycles. The van der Waals surface area contributed by atoms with Gasteiger partial charge in [-0.05, 0) is 23.8 Å². The van der Waals surface area contributed by atoms with Gasteiger partial charge in [-0.15, -0.1) is 0 Å². The van der Waals surface area contributed by atoms with Crippen LogP contribution in [-0.2, 0) is 17.5 Å². The molecule has 0 radical (unpaired) electrons. The predicted octanol–water partition coefficient (Wildman–Crippen LogP) is 4.77. The summed E-state index contributed by atoms with van der Waals surface area (Å²) >= 11 is 3.00. The lowest BCUT2D eigenvalue weighted by molar-refractivity contribution is -0.139. The van der Waals surface area contributed by atoms with Crippen molar-refractivity contribution in [3.8, 4) is 5.75 Å². The Balaban J connectivity index is 1.77. The van der Waals surface area contributed by atoms with Crippen molar-refractivity contribution in [1.82, 2.24) is 5.32 Å². The van der Waals surface area contributed by atoms with Gasteiger partial charge in [0.25, 0.3) is 0 Å². The van der Waals surface area contributed by atoms with E-state index in [0.29, 0.717) is 4.47 Å². The van der Waals surface area contributed by atoms with Gasteiger partial charge < -0.3 is 14.8 Å². The number of carbonyl (C=O) groups is 1. The molecule has 0 bridgehead atoms. The molecule has 0 fully saturated rings. The van der Waals surface area contributed by atoms with E-state index in [1.807, 2.05) is 30.3 Å². The van der Waals surface area contributed by atoms with E-state index in [4.69, 9.17) is 9.47 Å². The fourth-order valence-corrected chi connectivity index (χ4v) is 2.30. The third-order valence-corrected chi connectivity index (χ3v) is 3.58. The first-order valence-corrected chi connectivity index (χ1v) is 8.09. The van der Waals surface area contributed by atoms with Crippen LogP contribution >= 0.6 is 15.9 Å². The summed E-state index contributed by atoms with van der Waals surface area (Å²) in [4.78, 5) is 11.5. The Bertz CT molecular complexity index is 708. The summed E-state index contributed by atoms with van der Waals surface area (Å²) in [6.07, 6.45) is -5.19. The largest absolute Gasteiger partial charge is 0.491 e. The van der Waals surface area contributed by atoms with Gasteiger partial charge in [0.15, 0.2) is 0 Å². The minimum absolute atomic E-state index is 0.0149. The number of benzene rings is 2. The lowest BCUT2D eigenvalue weighted by Gasteiger charge is -2.14. The zero-order valence-corrected chi connectivity index (χ0v) is 14.6. The molecule has 134 valence electrons. The smallest absolute Gasteiger partial charge is 0.420 e. The first kappa shape index (κ1) is 19.1. The zero-order chi connectivity index (χ0) is 18.3. The monoisotopic (exact) mass is 417 g/mol. The summed E-state index contributed by atoms with van der Waals surface area (Å²) in [7, 11) is 0. The van der Waals surface area contributed by atoms with Gasteiger partial charge >= 0.3 is 12.3 Å². The van der Waals surface area contributed by atoms with Crippen molar-refractivity contribution in [2.75, 3.05) is 13.2 Å². The molecule has 2 aromatic rings. The highest BCUT2D eigenvalue weighted by Gasteiger charge is 2.34. The van der Waals surface area contributed by atoms with Crippen molar-refractivity contribution < 1.29 is 27.4 Å². The Labute approximate surface area is 151 Å². The van der Waals surface area contributed by atoms with Crippen molar-refractivity contribution in [3.05, 3.63) is 64.1 Å². The summed E-state index contributed by atoms with van der Waals surface area (Å²) in [5.41, 5.74) is -0.0490. The number of carbonyl (C=O) groups excluding carboxylic acids is 1. The third-order valence-electron chi connectivity index (χ3n) is 3.09. The molecule has 0 aromatic heterocycles. The van der Waals surface area contributed by atoms with Crippen molar-refractivity contribution in [3.63, 3.8) is 0 Å². The topological polar surface area (TPSA) is 47.6 Å². The summed E-state index contributed by atoms with van der Waals surface area (Å²) in [5.74, 6) is -0.296. The van der Waals surface area contributed by atoms with Crippen molar-refractivity contribution in [2.24, 2.45) is 0 Å². The molecule has 0 unspecified atom stereocenters. The van der Waals surface area contributed by atoms with Crippen LogP contribution in [0.5, 0.6) is 5.75 Å². The number of nitrogens with one attached hydrogen (secondary N) is 1. The lowest BCUT2D eigenvalue weighted by Crippen LogP contribution is -2.28. The van der Waals surface area contributed by atoms with Crippen molar-refractivity contribution in [1.29, 1.82) is 0 Å². The fraction of sp³-hybridized carbons (Fsp3) is 0.235. The number of alkyl halides is 3. The van der Waals surface area contributed by atoms with Crippen LogP contribution in [0.25, 0.3) is 0 Å². The van der Waals surface area contributed by atoms with Gasteiger partial charge in [-0.25, -0.2) is 4.79 Å². The van der Waals surface area contributed by atoms with E-state index in [-0.39, 0.29) is 25.5 Å². The highest BCUT2D eigenvalue weighted by Crippen LogP contribution is 2.37. The van der Waals surface area contributed by atoms with Gasteiger partial charge in [-0.3, -0.25) is 0 Å².